The van der Waals surface area contributed by atoms with E-state index in [1.165, 1.54) is 0 Å². The molecule has 0 fully saturated rings. The van der Waals surface area contributed by atoms with Crippen LogP contribution < -0.4 is 20.1 Å². The van der Waals surface area contributed by atoms with E-state index in [1.54, 1.807) is 32.2 Å². The lowest BCUT2D eigenvalue weighted by Crippen LogP contribution is -2.38. The molecule has 0 heterocycles. The molecule has 1 aromatic carbocycles. The Morgan fingerprint density at radius 1 is 1.21 bits per heavy atom. The average molecular weight is 538 g/mol. The standard InChI is InChI=1S/C16H25F3N4O3S.HI/c1-12-5-6-13(14(9-12)26-11-16(17,18)19)10-22-15(20-2)21-7-4-8-23-27(3,24)25;/h5-6,9,23H,4,7-8,10-11H2,1-3H3,(H2,20,21,22);1H. The Morgan fingerprint density at radius 3 is 2.46 bits per heavy atom. The molecule has 12 heteroatoms. The first-order valence-corrected chi connectivity index (χ1v) is 10.1. The number of halogens is 4. The number of ether oxygens (including phenoxy) is 1. The van der Waals surface area contributed by atoms with Gasteiger partial charge in [-0.1, -0.05) is 12.1 Å². The number of sulfonamides is 1. The van der Waals surface area contributed by atoms with Crippen LogP contribution in [0.3, 0.4) is 0 Å². The summed E-state index contributed by atoms with van der Waals surface area (Å²) in [5.41, 5.74) is 1.35. The number of aliphatic imine (C=N–C) groups is 1. The van der Waals surface area contributed by atoms with Crippen molar-refractivity contribution in [3.8, 4) is 5.75 Å². The van der Waals surface area contributed by atoms with Crippen molar-refractivity contribution in [3.63, 3.8) is 0 Å². The molecule has 0 aromatic heterocycles. The number of aryl methyl sites for hydroxylation is 1. The van der Waals surface area contributed by atoms with Gasteiger partial charge in [0.2, 0.25) is 10.0 Å². The molecule has 162 valence electrons. The molecule has 0 amide bonds. The van der Waals surface area contributed by atoms with Crippen LogP contribution >= 0.6 is 24.0 Å². The van der Waals surface area contributed by atoms with Crippen LogP contribution in [0.1, 0.15) is 17.5 Å². The van der Waals surface area contributed by atoms with Crippen LogP contribution in [0.5, 0.6) is 5.75 Å². The fraction of sp³-hybridized carbons (Fsp3) is 0.562. The molecule has 0 unspecified atom stereocenters. The smallest absolute Gasteiger partial charge is 0.422 e. The Morgan fingerprint density at radius 2 is 1.89 bits per heavy atom. The van der Waals surface area contributed by atoms with Crippen LogP contribution in [-0.4, -0.2) is 53.6 Å². The normalized spacial score (nSPS) is 12.3. The second-order valence-electron chi connectivity index (χ2n) is 5.89. The Kier molecular flexibility index (Phi) is 11.8. The van der Waals surface area contributed by atoms with Gasteiger partial charge in [-0.2, -0.15) is 13.2 Å². The van der Waals surface area contributed by atoms with Crippen molar-refractivity contribution in [2.75, 3.05) is 33.0 Å². The lowest BCUT2D eigenvalue weighted by atomic mass is 10.1. The van der Waals surface area contributed by atoms with Crippen molar-refractivity contribution in [3.05, 3.63) is 29.3 Å². The molecule has 1 aromatic rings. The molecule has 28 heavy (non-hydrogen) atoms. The molecule has 0 radical (unpaired) electrons. The minimum atomic E-state index is -4.41. The Labute approximate surface area is 180 Å². The molecular weight excluding hydrogens is 512 g/mol. The molecule has 3 N–H and O–H groups in total. The minimum absolute atomic E-state index is 0. The second kappa shape index (κ2) is 12.3. The van der Waals surface area contributed by atoms with E-state index in [4.69, 9.17) is 4.74 Å². The predicted molar refractivity (Wildman–Crippen MR) is 114 cm³/mol. The third kappa shape index (κ3) is 12.2. The van der Waals surface area contributed by atoms with Crippen molar-refractivity contribution in [1.82, 2.24) is 15.4 Å². The first-order valence-electron chi connectivity index (χ1n) is 8.18. The van der Waals surface area contributed by atoms with Crippen molar-refractivity contribution in [2.45, 2.75) is 26.1 Å². The fourth-order valence-corrected chi connectivity index (χ4v) is 2.57. The highest BCUT2D eigenvalue weighted by atomic mass is 127. The summed E-state index contributed by atoms with van der Waals surface area (Å²) >= 11 is 0. The zero-order chi connectivity index (χ0) is 20.5. The van der Waals surface area contributed by atoms with Gasteiger partial charge in [0.05, 0.1) is 6.26 Å². The van der Waals surface area contributed by atoms with Gasteiger partial charge in [0.25, 0.3) is 0 Å². The third-order valence-corrected chi connectivity index (χ3v) is 4.02. The minimum Gasteiger partial charge on any atom is -0.484 e. The molecule has 0 aliphatic heterocycles. The van der Waals surface area contributed by atoms with Crippen LogP contribution in [0.25, 0.3) is 0 Å². The monoisotopic (exact) mass is 538 g/mol. The van der Waals surface area contributed by atoms with Crippen molar-refractivity contribution in [2.24, 2.45) is 4.99 Å². The van der Waals surface area contributed by atoms with Gasteiger partial charge in [0.1, 0.15) is 5.75 Å². The van der Waals surface area contributed by atoms with Gasteiger partial charge in [-0.3, -0.25) is 4.99 Å². The summed E-state index contributed by atoms with van der Waals surface area (Å²) in [6.45, 7) is 1.38. The molecular formula is C16H26F3IN4O3S. The summed E-state index contributed by atoms with van der Waals surface area (Å²) in [5.74, 6) is 0.601. The third-order valence-electron chi connectivity index (χ3n) is 3.29. The van der Waals surface area contributed by atoms with Crippen LogP contribution in [-0.2, 0) is 16.6 Å². The lowest BCUT2D eigenvalue weighted by Gasteiger charge is -2.16. The highest BCUT2D eigenvalue weighted by Gasteiger charge is 2.28. The average Bonchev–Trinajstić information content (AvgIpc) is 2.55. The van der Waals surface area contributed by atoms with Crippen LogP contribution in [0, 0.1) is 6.92 Å². The second-order valence-corrected chi connectivity index (χ2v) is 7.72. The van der Waals surface area contributed by atoms with Crippen LogP contribution in [0.15, 0.2) is 23.2 Å². The highest BCUT2D eigenvalue weighted by Crippen LogP contribution is 2.23. The summed E-state index contributed by atoms with van der Waals surface area (Å²) in [4.78, 5) is 4.02. The van der Waals surface area contributed by atoms with E-state index < -0.39 is 22.8 Å². The first-order chi connectivity index (χ1) is 12.5. The lowest BCUT2D eigenvalue weighted by molar-refractivity contribution is -0.153. The van der Waals surface area contributed by atoms with E-state index in [1.807, 2.05) is 0 Å². The zero-order valence-electron chi connectivity index (χ0n) is 15.9. The summed E-state index contributed by atoms with van der Waals surface area (Å²) in [5, 5.41) is 5.99. The molecule has 0 atom stereocenters. The molecule has 7 nitrogen and oxygen atoms in total. The van der Waals surface area contributed by atoms with E-state index in [2.05, 4.69) is 20.3 Å². The number of hydrogen-bond acceptors (Lipinski definition) is 4. The summed E-state index contributed by atoms with van der Waals surface area (Å²) in [6, 6.07) is 5.03. The van der Waals surface area contributed by atoms with Crippen molar-refractivity contribution in [1.29, 1.82) is 0 Å². The van der Waals surface area contributed by atoms with Crippen LogP contribution in [0.4, 0.5) is 13.2 Å². The topological polar surface area (TPSA) is 91.8 Å². The largest absolute Gasteiger partial charge is 0.484 e. The molecule has 0 spiro atoms. The molecule has 0 bridgehead atoms. The Bertz CT molecular complexity index is 743. The van der Waals surface area contributed by atoms with E-state index in [9.17, 15) is 21.6 Å². The quantitative estimate of drug-likeness (QED) is 0.194. The number of rotatable bonds is 9. The van der Waals surface area contributed by atoms with Gasteiger partial charge in [-0.15, -0.1) is 24.0 Å². The van der Waals surface area contributed by atoms with Gasteiger partial charge in [-0.05, 0) is 25.0 Å². The van der Waals surface area contributed by atoms with E-state index in [0.717, 1.165) is 11.8 Å². The van der Waals surface area contributed by atoms with E-state index >= 15 is 0 Å². The fourth-order valence-electron chi connectivity index (χ4n) is 2.05. The molecule has 1 rings (SSSR count). The number of nitrogens with one attached hydrogen (secondary N) is 3. The van der Waals surface area contributed by atoms with Crippen molar-refractivity contribution < 1.29 is 26.3 Å². The zero-order valence-corrected chi connectivity index (χ0v) is 19.0. The first kappa shape index (κ1) is 26.7. The van der Waals surface area contributed by atoms with Gasteiger partial charge < -0.3 is 15.4 Å². The summed E-state index contributed by atoms with van der Waals surface area (Å²) < 4.78 is 66.4. The Balaban J connectivity index is 0.00000729. The van der Waals surface area contributed by atoms with Gasteiger partial charge in [0.15, 0.2) is 12.6 Å². The molecule has 0 saturated carbocycles. The Hall–Kier alpha value is -1.28. The van der Waals surface area contributed by atoms with Gasteiger partial charge in [-0.25, -0.2) is 13.1 Å². The van der Waals surface area contributed by atoms with Crippen molar-refractivity contribution >= 4 is 40.0 Å². The SMILES string of the molecule is CN=C(NCCCNS(C)(=O)=O)NCc1ccc(C)cc1OCC(F)(F)F.I. The number of hydrogen-bond donors (Lipinski definition) is 3. The molecule has 0 aliphatic carbocycles. The summed E-state index contributed by atoms with van der Waals surface area (Å²) in [7, 11) is -1.66. The van der Waals surface area contributed by atoms with Gasteiger partial charge >= 0.3 is 6.18 Å². The predicted octanol–water partition coefficient (Wildman–Crippen LogP) is 2.16. The van der Waals surface area contributed by atoms with Crippen LogP contribution in [0.2, 0.25) is 0 Å². The van der Waals surface area contributed by atoms with E-state index in [-0.39, 0.29) is 42.8 Å². The number of nitrogens with zero attached hydrogens (tertiary/aromatic N) is 1. The van der Waals surface area contributed by atoms with E-state index in [0.29, 0.717) is 24.5 Å². The maximum absolute atomic E-state index is 12.4. The molecule has 0 saturated heterocycles. The highest BCUT2D eigenvalue weighted by molar-refractivity contribution is 14.0. The maximum atomic E-state index is 12.4. The van der Waals surface area contributed by atoms with Gasteiger partial charge in [0, 0.05) is 32.2 Å². The number of guanidine groups is 1. The summed E-state index contributed by atoms with van der Waals surface area (Å²) in [6.07, 6.45) is -2.79. The maximum Gasteiger partial charge on any atom is 0.422 e. The molecule has 0 aliphatic rings. The number of alkyl halides is 3. The number of benzene rings is 1.